The molecule has 1 N–H and O–H groups in total. The van der Waals surface area contributed by atoms with E-state index in [0.29, 0.717) is 29.6 Å². The lowest BCUT2D eigenvalue weighted by molar-refractivity contribution is -0.122. The van der Waals surface area contributed by atoms with Gasteiger partial charge in [-0.2, -0.15) is 0 Å². The second-order valence-corrected chi connectivity index (χ2v) is 8.57. The monoisotopic (exact) mass is 483 g/mol. The fourth-order valence-corrected chi connectivity index (χ4v) is 4.29. The van der Waals surface area contributed by atoms with E-state index in [1.54, 1.807) is 20.4 Å². The summed E-state index contributed by atoms with van der Waals surface area (Å²) in [6, 6.07) is 13.5. The molecule has 1 fully saturated rings. The SMILES string of the molecule is COc1ccc(CCNC(=O)CN2CCN(c3nccn3-c3cccc(Cl)c3)CC2)cc1OC. The molecule has 1 aliphatic rings. The number of benzene rings is 2. The summed E-state index contributed by atoms with van der Waals surface area (Å²) in [7, 11) is 3.23. The summed E-state index contributed by atoms with van der Waals surface area (Å²) in [6.45, 7) is 4.16. The van der Waals surface area contributed by atoms with Gasteiger partial charge in [-0.25, -0.2) is 4.98 Å². The largest absolute Gasteiger partial charge is 0.493 e. The van der Waals surface area contributed by atoms with Crippen molar-refractivity contribution in [3.05, 3.63) is 65.4 Å². The molecule has 0 atom stereocenters. The number of hydrogen-bond acceptors (Lipinski definition) is 6. The molecular weight excluding hydrogens is 454 g/mol. The lowest BCUT2D eigenvalue weighted by atomic mass is 10.1. The van der Waals surface area contributed by atoms with E-state index in [9.17, 15) is 4.79 Å². The summed E-state index contributed by atoms with van der Waals surface area (Å²) in [6.07, 6.45) is 4.47. The number of nitrogens with one attached hydrogen (secondary N) is 1. The Morgan fingerprint density at radius 3 is 2.59 bits per heavy atom. The Labute approximate surface area is 205 Å². The van der Waals surface area contributed by atoms with Crippen molar-refractivity contribution in [2.45, 2.75) is 6.42 Å². The molecular formula is C25H30ClN5O3. The molecule has 2 aromatic carbocycles. The third kappa shape index (κ3) is 5.81. The summed E-state index contributed by atoms with van der Waals surface area (Å²) in [5.74, 6) is 2.32. The highest BCUT2D eigenvalue weighted by Gasteiger charge is 2.22. The molecule has 180 valence electrons. The van der Waals surface area contributed by atoms with Crippen molar-refractivity contribution in [3.63, 3.8) is 0 Å². The van der Waals surface area contributed by atoms with Crippen LogP contribution in [-0.2, 0) is 11.2 Å². The zero-order chi connectivity index (χ0) is 23.9. The molecule has 0 spiro atoms. The number of ether oxygens (including phenoxy) is 2. The molecule has 1 saturated heterocycles. The third-order valence-electron chi connectivity index (χ3n) is 5.91. The van der Waals surface area contributed by atoms with Crippen LogP contribution >= 0.6 is 11.6 Å². The Morgan fingerprint density at radius 2 is 1.85 bits per heavy atom. The first-order valence-corrected chi connectivity index (χ1v) is 11.7. The Morgan fingerprint density at radius 1 is 1.06 bits per heavy atom. The van der Waals surface area contributed by atoms with Crippen LogP contribution in [0.5, 0.6) is 11.5 Å². The van der Waals surface area contributed by atoms with E-state index in [0.717, 1.165) is 49.8 Å². The Bertz CT molecular complexity index is 1110. The number of amides is 1. The standard InChI is InChI=1S/C25H30ClN5O3/c1-33-22-7-6-19(16-23(22)34-2)8-9-27-24(32)18-29-12-14-30(15-13-29)25-28-10-11-31(25)21-5-3-4-20(26)17-21/h3-7,10-11,16-17H,8-9,12-15,18H2,1-2H3,(H,27,32). The van der Waals surface area contributed by atoms with Crippen LogP contribution in [0.2, 0.25) is 5.02 Å². The molecule has 0 radical (unpaired) electrons. The van der Waals surface area contributed by atoms with E-state index in [1.165, 1.54) is 0 Å². The van der Waals surface area contributed by atoms with E-state index >= 15 is 0 Å². The first-order valence-electron chi connectivity index (χ1n) is 11.3. The number of methoxy groups -OCH3 is 2. The highest BCUT2D eigenvalue weighted by atomic mass is 35.5. The number of carbonyl (C=O) groups excluding carboxylic acids is 1. The first-order chi connectivity index (χ1) is 16.6. The van der Waals surface area contributed by atoms with E-state index in [2.05, 4.69) is 20.1 Å². The van der Waals surface area contributed by atoms with Crippen LogP contribution in [-0.4, -0.2) is 73.8 Å². The van der Waals surface area contributed by atoms with Crippen molar-refractivity contribution in [1.82, 2.24) is 19.8 Å². The number of halogens is 1. The Hall–Kier alpha value is -3.23. The first kappa shape index (κ1) is 23.9. The average Bonchev–Trinajstić information content (AvgIpc) is 3.34. The molecule has 0 aliphatic carbocycles. The van der Waals surface area contributed by atoms with Gasteiger partial charge in [-0.15, -0.1) is 0 Å². The molecule has 8 nitrogen and oxygen atoms in total. The van der Waals surface area contributed by atoms with Gasteiger partial charge in [0.05, 0.1) is 20.8 Å². The van der Waals surface area contributed by atoms with E-state index in [1.807, 2.05) is 53.2 Å². The molecule has 34 heavy (non-hydrogen) atoms. The summed E-state index contributed by atoms with van der Waals surface area (Å²) in [4.78, 5) is 21.4. The highest BCUT2D eigenvalue weighted by molar-refractivity contribution is 6.30. The Balaban J connectivity index is 1.23. The maximum Gasteiger partial charge on any atom is 0.234 e. The fourth-order valence-electron chi connectivity index (χ4n) is 4.10. The maximum atomic E-state index is 12.5. The number of nitrogens with zero attached hydrogens (tertiary/aromatic N) is 4. The number of imidazole rings is 1. The zero-order valence-corrected chi connectivity index (χ0v) is 20.3. The fraction of sp³-hybridized carbons (Fsp3) is 0.360. The highest BCUT2D eigenvalue weighted by Crippen LogP contribution is 2.27. The molecule has 1 aliphatic heterocycles. The van der Waals surface area contributed by atoms with Gasteiger partial charge in [-0.05, 0) is 42.3 Å². The van der Waals surface area contributed by atoms with Gasteiger partial charge in [-0.1, -0.05) is 23.7 Å². The summed E-state index contributed by atoms with van der Waals surface area (Å²) in [5, 5.41) is 3.72. The quantitative estimate of drug-likeness (QED) is 0.504. The smallest absolute Gasteiger partial charge is 0.234 e. The van der Waals surface area contributed by atoms with Gasteiger partial charge < -0.3 is 19.7 Å². The summed E-state index contributed by atoms with van der Waals surface area (Å²) in [5.41, 5.74) is 2.07. The molecule has 1 amide bonds. The number of carbonyl (C=O) groups is 1. The topological polar surface area (TPSA) is 71.9 Å². The molecule has 2 heterocycles. The lowest BCUT2D eigenvalue weighted by Gasteiger charge is -2.35. The zero-order valence-electron chi connectivity index (χ0n) is 19.5. The molecule has 4 rings (SSSR count). The molecule has 0 bridgehead atoms. The predicted octanol–water partition coefficient (Wildman–Crippen LogP) is 3.02. The number of rotatable bonds is 9. The van der Waals surface area contributed by atoms with Crippen molar-refractivity contribution in [2.24, 2.45) is 0 Å². The average molecular weight is 484 g/mol. The number of anilines is 1. The van der Waals surface area contributed by atoms with Crippen molar-refractivity contribution in [2.75, 3.05) is 58.4 Å². The number of aromatic nitrogens is 2. The van der Waals surface area contributed by atoms with Crippen LogP contribution < -0.4 is 19.7 Å². The van der Waals surface area contributed by atoms with Crippen molar-refractivity contribution >= 4 is 23.5 Å². The van der Waals surface area contributed by atoms with Gasteiger partial charge in [0.2, 0.25) is 11.9 Å². The third-order valence-corrected chi connectivity index (χ3v) is 6.15. The normalized spacial score (nSPS) is 14.1. The van der Waals surface area contributed by atoms with Gasteiger partial charge in [0.25, 0.3) is 0 Å². The van der Waals surface area contributed by atoms with Gasteiger partial charge in [0.15, 0.2) is 11.5 Å². The van der Waals surface area contributed by atoms with E-state index in [-0.39, 0.29) is 5.91 Å². The minimum absolute atomic E-state index is 0.0364. The molecule has 9 heteroatoms. The maximum absolute atomic E-state index is 12.5. The molecule has 1 aromatic heterocycles. The van der Waals surface area contributed by atoms with E-state index < -0.39 is 0 Å². The van der Waals surface area contributed by atoms with Gasteiger partial charge in [0.1, 0.15) is 0 Å². The summed E-state index contributed by atoms with van der Waals surface area (Å²) >= 11 is 6.16. The number of hydrogen-bond donors (Lipinski definition) is 1. The van der Waals surface area contributed by atoms with Crippen LogP contribution in [0.3, 0.4) is 0 Å². The van der Waals surface area contributed by atoms with Crippen molar-refractivity contribution < 1.29 is 14.3 Å². The van der Waals surface area contributed by atoms with Gasteiger partial charge >= 0.3 is 0 Å². The minimum Gasteiger partial charge on any atom is -0.493 e. The van der Waals surface area contributed by atoms with Crippen LogP contribution in [0, 0.1) is 0 Å². The Kier molecular flexibility index (Phi) is 7.92. The predicted molar refractivity (Wildman–Crippen MR) is 133 cm³/mol. The second-order valence-electron chi connectivity index (χ2n) is 8.13. The molecule has 0 unspecified atom stereocenters. The number of piperazine rings is 1. The van der Waals surface area contributed by atoms with Crippen LogP contribution in [0.1, 0.15) is 5.56 Å². The molecule has 3 aromatic rings. The lowest BCUT2D eigenvalue weighted by Crippen LogP contribution is -2.50. The van der Waals surface area contributed by atoms with Crippen LogP contribution in [0.15, 0.2) is 54.9 Å². The van der Waals surface area contributed by atoms with E-state index in [4.69, 9.17) is 21.1 Å². The van der Waals surface area contributed by atoms with Crippen LogP contribution in [0.4, 0.5) is 5.95 Å². The van der Waals surface area contributed by atoms with Gasteiger partial charge in [0, 0.05) is 55.8 Å². The minimum atomic E-state index is 0.0364. The van der Waals surface area contributed by atoms with Gasteiger partial charge in [-0.3, -0.25) is 14.3 Å². The van der Waals surface area contributed by atoms with Crippen molar-refractivity contribution in [3.8, 4) is 17.2 Å². The van der Waals surface area contributed by atoms with Crippen molar-refractivity contribution in [1.29, 1.82) is 0 Å². The summed E-state index contributed by atoms with van der Waals surface area (Å²) < 4.78 is 12.7. The molecule has 0 saturated carbocycles. The second kappa shape index (κ2) is 11.3. The van der Waals surface area contributed by atoms with Crippen LogP contribution in [0.25, 0.3) is 5.69 Å².